The second-order valence-corrected chi connectivity index (χ2v) is 16.7. The van der Waals surface area contributed by atoms with Crippen LogP contribution in [0.25, 0.3) is 11.1 Å². The Morgan fingerprint density at radius 2 is 1.61 bits per heavy atom. The highest BCUT2D eigenvalue weighted by atomic mass is 16.5. The first-order chi connectivity index (χ1) is 29.9. The number of hydrogen-bond donors (Lipinski definition) is 4. The molecule has 0 radical (unpaired) electrons. The van der Waals surface area contributed by atoms with Crippen LogP contribution in [0, 0.1) is 20.8 Å². The first-order valence-corrected chi connectivity index (χ1v) is 21.5. The highest BCUT2D eigenvalue weighted by Gasteiger charge is 2.46. The smallest absolute Gasteiger partial charge is 0.264 e. The molecule has 1 atom stereocenters. The molecule has 0 spiro atoms. The molecule has 0 aliphatic carbocycles. The maximum Gasteiger partial charge on any atom is 0.264 e. The van der Waals surface area contributed by atoms with Gasteiger partial charge in [-0.3, -0.25) is 43.9 Å². The number of piperidine rings is 1. The lowest BCUT2D eigenvalue weighted by Crippen LogP contribution is -2.54. The molecule has 1 unspecified atom stereocenters. The number of imide groups is 2. The molecule has 3 aromatic carbocycles. The molecule has 4 aliphatic heterocycles. The molecule has 0 bridgehead atoms. The number of nitrogens with one attached hydrogen (secondary N) is 4. The lowest BCUT2D eigenvalue weighted by molar-refractivity contribution is -0.136. The van der Waals surface area contributed by atoms with Crippen molar-refractivity contribution in [3.8, 4) is 11.1 Å². The number of anilines is 2. The van der Waals surface area contributed by atoms with Gasteiger partial charge in [-0.05, 0) is 105 Å². The molecule has 15 nitrogen and oxygen atoms in total. The molecular formula is C47H54N8O7. The highest BCUT2D eigenvalue weighted by molar-refractivity contribution is 6.25. The van der Waals surface area contributed by atoms with Crippen molar-refractivity contribution >= 4 is 40.9 Å². The normalized spacial score (nSPS) is 18.8. The fourth-order valence-corrected chi connectivity index (χ4v) is 9.24. The number of hydrazine groups is 1. The van der Waals surface area contributed by atoms with Crippen LogP contribution in [0.1, 0.15) is 91.6 Å². The molecule has 3 saturated heterocycles. The van der Waals surface area contributed by atoms with E-state index >= 15 is 0 Å². The molecule has 3 fully saturated rings. The van der Waals surface area contributed by atoms with E-state index in [0.29, 0.717) is 49.2 Å². The van der Waals surface area contributed by atoms with Crippen molar-refractivity contribution in [2.75, 3.05) is 56.3 Å². The Balaban J connectivity index is 0.943. The minimum Gasteiger partial charge on any atom is -0.381 e. The van der Waals surface area contributed by atoms with Crippen molar-refractivity contribution in [2.45, 2.75) is 78.6 Å². The summed E-state index contributed by atoms with van der Waals surface area (Å²) in [5.74, 6) is -2.36. The molecule has 8 rings (SSSR count). The lowest BCUT2D eigenvalue weighted by Gasteiger charge is -2.37. The number of carbonyl (C=O) groups is 5. The second-order valence-electron chi connectivity index (χ2n) is 16.7. The zero-order valence-electron chi connectivity index (χ0n) is 35.8. The average Bonchev–Trinajstić information content (AvgIpc) is 3.51. The Hall–Kier alpha value is -6.16. The number of nitrogens with zero attached hydrogens (tertiary/aromatic N) is 4. The Morgan fingerprint density at radius 3 is 2.31 bits per heavy atom. The van der Waals surface area contributed by atoms with Gasteiger partial charge >= 0.3 is 0 Å². The van der Waals surface area contributed by atoms with Crippen LogP contribution in [-0.2, 0) is 27.4 Å². The number of hydrogen-bond acceptors (Lipinski definition) is 11. The molecule has 4 aliphatic rings. The molecule has 4 aromatic rings. The molecule has 62 heavy (non-hydrogen) atoms. The number of aromatic amines is 1. The van der Waals surface area contributed by atoms with E-state index in [-0.39, 0.29) is 42.0 Å². The van der Waals surface area contributed by atoms with Crippen LogP contribution in [0.5, 0.6) is 0 Å². The van der Waals surface area contributed by atoms with Crippen LogP contribution in [0.3, 0.4) is 0 Å². The zero-order valence-corrected chi connectivity index (χ0v) is 35.8. The minimum absolute atomic E-state index is 0.0635. The van der Waals surface area contributed by atoms with Gasteiger partial charge in [0.25, 0.3) is 23.3 Å². The van der Waals surface area contributed by atoms with E-state index in [0.717, 1.165) is 83.1 Å². The van der Waals surface area contributed by atoms with Gasteiger partial charge in [0.1, 0.15) is 6.04 Å². The first kappa shape index (κ1) is 42.5. The van der Waals surface area contributed by atoms with Crippen molar-refractivity contribution in [3.05, 3.63) is 116 Å². The van der Waals surface area contributed by atoms with Crippen LogP contribution in [-0.4, -0.2) is 107 Å². The Morgan fingerprint density at radius 1 is 0.871 bits per heavy atom. The molecule has 0 saturated carbocycles. The highest BCUT2D eigenvalue weighted by Crippen LogP contribution is 2.35. The number of carbonyl (C=O) groups excluding carboxylic acids is 5. The quantitative estimate of drug-likeness (QED) is 0.148. The average molecular weight is 843 g/mol. The number of aryl methyl sites for hydroxylation is 2. The van der Waals surface area contributed by atoms with Gasteiger partial charge in [0.2, 0.25) is 11.8 Å². The summed E-state index contributed by atoms with van der Waals surface area (Å²) in [5, 5.41) is 7.31. The van der Waals surface area contributed by atoms with Gasteiger partial charge < -0.3 is 25.4 Å². The number of aromatic nitrogens is 1. The van der Waals surface area contributed by atoms with Gasteiger partial charge in [0.05, 0.1) is 16.8 Å². The fourth-order valence-electron chi connectivity index (χ4n) is 9.24. The van der Waals surface area contributed by atoms with Crippen molar-refractivity contribution < 1.29 is 28.7 Å². The van der Waals surface area contributed by atoms with Gasteiger partial charge in [0, 0.05) is 94.0 Å². The second kappa shape index (κ2) is 18.1. The summed E-state index contributed by atoms with van der Waals surface area (Å²) in [7, 11) is 0. The Labute approximate surface area is 360 Å². The van der Waals surface area contributed by atoms with E-state index in [9.17, 15) is 28.8 Å². The third-order valence-corrected chi connectivity index (χ3v) is 12.6. The number of ether oxygens (including phenoxy) is 1. The van der Waals surface area contributed by atoms with E-state index < -0.39 is 29.7 Å². The van der Waals surface area contributed by atoms with E-state index in [4.69, 9.17) is 4.74 Å². The van der Waals surface area contributed by atoms with Crippen LogP contribution in [0.15, 0.2) is 65.5 Å². The van der Waals surface area contributed by atoms with Gasteiger partial charge in [-0.1, -0.05) is 30.3 Å². The van der Waals surface area contributed by atoms with Crippen molar-refractivity contribution in [3.63, 3.8) is 0 Å². The van der Waals surface area contributed by atoms with E-state index in [1.165, 1.54) is 0 Å². The van der Waals surface area contributed by atoms with Gasteiger partial charge in [0.15, 0.2) is 0 Å². The number of piperazine rings is 1. The Kier molecular flexibility index (Phi) is 12.4. The predicted molar refractivity (Wildman–Crippen MR) is 235 cm³/mol. The monoisotopic (exact) mass is 842 g/mol. The van der Waals surface area contributed by atoms with Gasteiger partial charge in [-0.25, -0.2) is 5.01 Å². The minimum atomic E-state index is -1.02. The summed E-state index contributed by atoms with van der Waals surface area (Å²) in [6.45, 7) is 13.8. The summed E-state index contributed by atoms with van der Waals surface area (Å²) >= 11 is 0. The molecule has 5 heterocycles. The van der Waals surface area contributed by atoms with Crippen LogP contribution in [0.2, 0.25) is 0 Å². The van der Waals surface area contributed by atoms with E-state index in [1.54, 1.807) is 18.2 Å². The number of H-pyrrole nitrogens is 1. The van der Waals surface area contributed by atoms with Crippen molar-refractivity contribution in [1.29, 1.82) is 0 Å². The molecular weight excluding hydrogens is 789 g/mol. The van der Waals surface area contributed by atoms with Crippen LogP contribution < -0.4 is 26.5 Å². The molecule has 1 aromatic heterocycles. The topological polar surface area (TPSA) is 176 Å². The third kappa shape index (κ3) is 8.65. The predicted octanol–water partition coefficient (Wildman–Crippen LogP) is 4.45. The largest absolute Gasteiger partial charge is 0.381 e. The molecule has 4 N–H and O–H groups in total. The molecule has 5 amide bonds. The lowest BCUT2D eigenvalue weighted by atomic mass is 9.94. The van der Waals surface area contributed by atoms with Gasteiger partial charge in [-0.2, -0.15) is 0 Å². The summed E-state index contributed by atoms with van der Waals surface area (Å²) < 4.78 is 5.69. The zero-order chi connectivity index (χ0) is 43.7. The number of benzene rings is 3. The third-order valence-electron chi connectivity index (χ3n) is 12.6. The molecule has 324 valence electrons. The van der Waals surface area contributed by atoms with E-state index in [2.05, 4.69) is 68.1 Å². The molecule has 15 heteroatoms. The number of amides is 5. The van der Waals surface area contributed by atoms with Crippen molar-refractivity contribution in [1.82, 2.24) is 30.4 Å². The number of rotatable bonds is 12. The number of pyridine rings is 1. The SMILES string of the molecule is CCN(c1cc(-c2ccc(CN3CCN(Nc4cccc5c4C(=O)N(C4CCC(=O)NC4=O)C5=O)CC3)cc2)cc(C(=O)NCc2c(C)cc(C)[nH]c2=O)c1C)C1CCOCC1. The van der Waals surface area contributed by atoms with Crippen LogP contribution in [0.4, 0.5) is 11.4 Å². The summed E-state index contributed by atoms with van der Waals surface area (Å²) in [6, 6.07) is 18.9. The summed E-state index contributed by atoms with van der Waals surface area (Å²) in [4.78, 5) is 86.5. The maximum atomic E-state index is 14.0. The van der Waals surface area contributed by atoms with Gasteiger partial charge in [-0.15, -0.1) is 0 Å². The summed E-state index contributed by atoms with van der Waals surface area (Å²) in [6.07, 6.45) is 1.99. The fraction of sp³-hybridized carbons (Fsp3) is 0.404. The summed E-state index contributed by atoms with van der Waals surface area (Å²) in [5.41, 5.74) is 11.9. The standard InChI is InChI=1S/C47H54N8O7/c1-5-54(34-15-21-62-22-16-34)40-25-33(24-36(30(40)4)43(57)48-26-37-28(2)23-29(3)49-44(37)58)32-11-9-31(10-12-32)27-52-17-19-53(20-18-52)51-38-8-6-7-35-42(38)47(61)55(46(35)60)39-13-14-41(56)50-45(39)59/h6-12,23-25,34,39,51H,5,13-22,26-27H2,1-4H3,(H,48,57)(H,49,58)(H,50,56,59). The van der Waals surface area contributed by atoms with Crippen LogP contribution >= 0.6 is 0 Å². The number of fused-ring (bicyclic) bond motifs is 1. The first-order valence-electron chi connectivity index (χ1n) is 21.5. The Bertz CT molecular complexity index is 2470. The van der Waals surface area contributed by atoms with E-state index in [1.807, 2.05) is 37.9 Å². The van der Waals surface area contributed by atoms with Crippen molar-refractivity contribution in [2.24, 2.45) is 0 Å². The maximum absolute atomic E-state index is 14.0.